The zero-order chi connectivity index (χ0) is 18.8. The number of rotatable bonds is 1. The van der Waals surface area contributed by atoms with Gasteiger partial charge in [0.1, 0.15) is 5.69 Å². The molecule has 6 nitrogen and oxygen atoms in total. The Labute approximate surface area is 158 Å². The number of hydrogen-bond acceptors (Lipinski definition) is 4. The molecule has 1 aliphatic rings. The van der Waals surface area contributed by atoms with Gasteiger partial charge >= 0.3 is 0 Å². The summed E-state index contributed by atoms with van der Waals surface area (Å²) in [6.07, 6.45) is 3.29. The van der Waals surface area contributed by atoms with E-state index in [1.54, 1.807) is 24.5 Å². The van der Waals surface area contributed by atoms with Crippen molar-refractivity contribution >= 4 is 27.5 Å². The van der Waals surface area contributed by atoms with E-state index in [4.69, 9.17) is 0 Å². The summed E-state index contributed by atoms with van der Waals surface area (Å²) in [5, 5.41) is 14.0. The molecule has 1 aliphatic heterocycles. The SMILES string of the molecule is O=[N+]([O-])c1cccc2c1-n1c3ccccc3c3cccc(c31)-c1nccnc1-2. The number of aromatic nitrogens is 3. The van der Waals surface area contributed by atoms with Gasteiger partial charge in [-0.05, 0) is 6.07 Å². The highest BCUT2D eigenvalue weighted by molar-refractivity contribution is 6.16. The molecule has 0 spiro atoms. The van der Waals surface area contributed by atoms with Gasteiger partial charge in [0.2, 0.25) is 0 Å². The monoisotopic (exact) mass is 364 g/mol. The Morgan fingerprint density at radius 1 is 0.786 bits per heavy atom. The summed E-state index contributed by atoms with van der Waals surface area (Å²) in [6.45, 7) is 0. The Balaban J connectivity index is 1.99. The van der Waals surface area contributed by atoms with Crippen molar-refractivity contribution in [2.45, 2.75) is 0 Å². The van der Waals surface area contributed by atoms with Gasteiger partial charge < -0.3 is 4.57 Å². The summed E-state index contributed by atoms with van der Waals surface area (Å²) in [4.78, 5) is 20.8. The van der Waals surface area contributed by atoms with E-state index < -0.39 is 0 Å². The largest absolute Gasteiger partial charge is 0.302 e. The van der Waals surface area contributed by atoms with Crippen molar-refractivity contribution in [3.8, 4) is 28.2 Å². The van der Waals surface area contributed by atoms with Gasteiger partial charge in [-0.2, -0.15) is 0 Å². The van der Waals surface area contributed by atoms with Crippen LogP contribution in [0.1, 0.15) is 0 Å². The molecule has 3 aromatic carbocycles. The highest BCUT2D eigenvalue weighted by atomic mass is 16.6. The van der Waals surface area contributed by atoms with Crippen LogP contribution < -0.4 is 0 Å². The lowest BCUT2D eigenvalue weighted by atomic mass is 10.0. The number of nitro groups is 1. The lowest BCUT2D eigenvalue weighted by molar-refractivity contribution is -0.384. The molecule has 28 heavy (non-hydrogen) atoms. The molecule has 0 N–H and O–H groups in total. The number of fused-ring (bicyclic) bond motifs is 8. The maximum atomic E-state index is 11.9. The van der Waals surface area contributed by atoms with E-state index in [1.165, 1.54) is 0 Å². The minimum Gasteiger partial charge on any atom is -0.302 e. The van der Waals surface area contributed by atoms with Crippen LogP contribution in [0.25, 0.3) is 50.0 Å². The van der Waals surface area contributed by atoms with Crippen molar-refractivity contribution in [3.05, 3.63) is 83.2 Å². The molecule has 0 aliphatic carbocycles. The van der Waals surface area contributed by atoms with E-state index >= 15 is 0 Å². The van der Waals surface area contributed by atoms with Gasteiger partial charge in [0, 0.05) is 40.4 Å². The number of nitro benzene ring substituents is 1. The molecule has 0 fully saturated rings. The molecule has 0 radical (unpaired) electrons. The standard InChI is InChI=1S/C22H12N4O2/c27-26(28)18-10-4-8-16-20-19(23-11-12-24-20)15-7-3-6-14-13-5-1-2-9-17(13)25(21(14)15)22(16)18/h1-12H. The molecule has 0 saturated heterocycles. The normalized spacial score (nSPS) is 11.9. The fourth-order valence-corrected chi connectivity index (χ4v) is 4.28. The van der Waals surface area contributed by atoms with E-state index in [-0.39, 0.29) is 10.6 Å². The summed E-state index contributed by atoms with van der Waals surface area (Å²) in [7, 11) is 0. The van der Waals surface area contributed by atoms with Crippen LogP contribution in [0.4, 0.5) is 5.69 Å². The molecule has 6 rings (SSSR count). The first-order valence-electron chi connectivity index (χ1n) is 8.87. The Bertz CT molecular complexity index is 1450. The summed E-state index contributed by atoms with van der Waals surface area (Å²) in [5.74, 6) is 0. The molecule has 0 amide bonds. The minimum absolute atomic E-state index is 0.0495. The van der Waals surface area contributed by atoms with Gasteiger partial charge in [-0.3, -0.25) is 20.1 Å². The maximum Gasteiger partial charge on any atom is 0.293 e. The molecule has 5 aromatic rings. The topological polar surface area (TPSA) is 73.8 Å². The Kier molecular flexibility index (Phi) is 2.81. The number of benzene rings is 3. The molecule has 132 valence electrons. The molecular weight excluding hydrogens is 352 g/mol. The molecule has 6 heteroatoms. The van der Waals surface area contributed by atoms with E-state index in [9.17, 15) is 10.1 Å². The van der Waals surface area contributed by atoms with E-state index in [0.717, 1.165) is 33.1 Å². The van der Waals surface area contributed by atoms with Gasteiger partial charge in [-0.15, -0.1) is 0 Å². The van der Waals surface area contributed by atoms with Gasteiger partial charge in [-0.1, -0.05) is 48.5 Å². The number of para-hydroxylation sites is 3. The average Bonchev–Trinajstić information content (AvgIpc) is 3.00. The quantitative estimate of drug-likeness (QED) is 0.299. The van der Waals surface area contributed by atoms with Crippen LogP contribution in [-0.4, -0.2) is 19.5 Å². The molecule has 0 unspecified atom stereocenters. The van der Waals surface area contributed by atoms with Gasteiger partial charge in [-0.25, -0.2) is 0 Å². The second-order valence-electron chi connectivity index (χ2n) is 6.74. The molecule has 0 atom stereocenters. The van der Waals surface area contributed by atoms with Crippen LogP contribution >= 0.6 is 0 Å². The predicted octanol–water partition coefficient (Wildman–Crippen LogP) is 5.13. The third-order valence-corrected chi connectivity index (χ3v) is 5.34. The average molecular weight is 364 g/mol. The van der Waals surface area contributed by atoms with Crippen molar-refractivity contribution in [1.82, 2.24) is 14.5 Å². The third-order valence-electron chi connectivity index (χ3n) is 5.34. The van der Waals surface area contributed by atoms with Crippen LogP contribution in [0.3, 0.4) is 0 Å². The van der Waals surface area contributed by atoms with Gasteiger partial charge in [0.05, 0.1) is 27.3 Å². The van der Waals surface area contributed by atoms with Crippen molar-refractivity contribution in [2.75, 3.05) is 0 Å². The minimum atomic E-state index is -0.330. The number of hydrogen-bond donors (Lipinski definition) is 0. The molecule has 0 bridgehead atoms. The molecule has 2 aromatic heterocycles. The molecule has 0 saturated carbocycles. The third kappa shape index (κ3) is 1.76. The van der Waals surface area contributed by atoms with E-state index in [2.05, 4.69) is 9.97 Å². The van der Waals surface area contributed by atoms with E-state index in [1.807, 2.05) is 53.1 Å². The zero-order valence-corrected chi connectivity index (χ0v) is 14.5. The fourth-order valence-electron chi connectivity index (χ4n) is 4.28. The van der Waals surface area contributed by atoms with Crippen molar-refractivity contribution in [1.29, 1.82) is 0 Å². The first-order valence-corrected chi connectivity index (χ1v) is 8.87. The van der Waals surface area contributed by atoms with Crippen molar-refractivity contribution in [2.24, 2.45) is 0 Å². The second-order valence-corrected chi connectivity index (χ2v) is 6.74. The lowest BCUT2D eigenvalue weighted by Gasteiger charge is -2.11. The second kappa shape index (κ2) is 5.23. The first kappa shape index (κ1) is 15.0. The Hall–Kier alpha value is -4.06. The highest BCUT2D eigenvalue weighted by Crippen LogP contribution is 2.47. The van der Waals surface area contributed by atoms with Gasteiger partial charge in [0.15, 0.2) is 0 Å². The summed E-state index contributed by atoms with van der Waals surface area (Å²) in [6, 6.07) is 19.2. The van der Waals surface area contributed by atoms with Crippen LogP contribution in [0, 0.1) is 10.1 Å². The molecule has 3 heterocycles. The Morgan fingerprint density at radius 2 is 1.46 bits per heavy atom. The smallest absolute Gasteiger partial charge is 0.293 e. The van der Waals surface area contributed by atoms with E-state index in [0.29, 0.717) is 16.9 Å². The van der Waals surface area contributed by atoms with Crippen LogP contribution in [-0.2, 0) is 0 Å². The fraction of sp³-hybridized carbons (Fsp3) is 0. The highest BCUT2D eigenvalue weighted by Gasteiger charge is 2.30. The molecular formula is C22H12N4O2. The van der Waals surface area contributed by atoms with Crippen LogP contribution in [0.15, 0.2) is 73.1 Å². The van der Waals surface area contributed by atoms with Crippen molar-refractivity contribution in [3.63, 3.8) is 0 Å². The van der Waals surface area contributed by atoms with Crippen LogP contribution in [0.5, 0.6) is 0 Å². The maximum absolute atomic E-state index is 11.9. The summed E-state index contributed by atoms with van der Waals surface area (Å²) in [5.41, 5.74) is 5.43. The number of nitrogens with zero attached hydrogens (tertiary/aromatic N) is 4. The lowest BCUT2D eigenvalue weighted by Crippen LogP contribution is -2.02. The van der Waals surface area contributed by atoms with Crippen LogP contribution in [0.2, 0.25) is 0 Å². The Morgan fingerprint density at radius 3 is 2.29 bits per heavy atom. The zero-order valence-electron chi connectivity index (χ0n) is 14.5. The van der Waals surface area contributed by atoms with Gasteiger partial charge in [0.25, 0.3) is 5.69 Å². The summed E-state index contributed by atoms with van der Waals surface area (Å²) < 4.78 is 2.00. The first-order chi connectivity index (χ1) is 13.8. The van der Waals surface area contributed by atoms with Crippen molar-refractivity contribution < 1.29 is 4.92 Å². The predicted molar refractivity (Wildman–Crippen MR) is 107 cm³/mol. The summed E-state index contributed by atoms with van der Waals surface area (Å²) >= 11 is 0.